The maximum atomic E-state index is 12.9. The van der Waals surface area contributed by atoms with Gasteiger partial charge in [-0.25, -0.2) is 9.97 Å². The van der Waals surface area contributed by atoms with Crippen LogP contribution in [0.25, 0.3) is 11.2 Å². The van der Waals surface area contributed by atoms with Crippen LogP contribution in [0.5, 0.6) is 0 Å². The average molecular weight is 540 g/mol. The maximum absolute atomic E-state index is 12.9. The van der Waals surface area contributed by atoms with Crippen molar-refractivity contribution in [3.8, 4) is 0 Å². The molecule has 0 saturated carbocycles. The summed E-state index contributed by atoms with van der Waals surface area (Å²) < 4.78 is 19.0. The summed E-state index contributed by atoms with van der Waals surface area (Å²) in [5.74, 6) is 0.856. The van der Waals surface area contributed by atoms with E-state index in [0.29, 0.717) is 5.65 Å². The summed E-state index contributed by atoms with van der Waals surface area (Å²) >= 11 is 1.06. The molecule has 1 fully saturated rings. The number of fused-ring (bicyclic) bond motifs is 3. The zero-order chi connectivity index (χ0) is 21.1. The molecule has 11 heteroatoms. The highest BCUT2D eigenvalue weighted by molar-refractivity contribution is 14.1. The van der Waals surface area contributed by atoms with Crippen LogP contribution in [0.4, 0.5) is 5.82 Å². The number of nitrogens with zero attached hydrogens (tertiary/aromatic N) is 6. The standard InChI is InChI=1S/C19H25IN8OS/c1-18(2,3)30(29)26-12-11-28-13(4-7-22-28)19(12)5-8-27(9-6-19)14-10-21-15-16(20)24-25-17(15)23-14/h4,7,10,12,26H,5-6,8-9,11H2,1-3H3,(H,23,24,25)/t12-,30?/m1/s1. The average Bonchev–Trinajstić information content (AvgIpc) is 3.39. The minimum absolute atomic E-state index is 0.0762. The lowest BCUT2D eigenvalue weighted by Crippen LogP contribution is -2.56. The Morgan fingerprint density at radius 1 is 1.33 bits per heavy atom. The lowest BCUT2D eigenvalue weighted by molar-refractivity contribution is 0.275. The number of hydrogen-bond acceptors (Lipinski definition) is 7. The lowest BCUT2D eigenvalue weighted by atomic mass is 9.72. The van der Waals surface area contributed by atoms with Crippen LogP contribution in [0, 0.1) is 3.70 Å². The highest BCUT2D eigenvalue weighted by Crippen LogP contribution is 2.44. The van der Waals surface area contributed by atoms with E-state index in [1.54, 1.807) is 0 Å². The summed E-state index contributed by atoms with van der Waals surface area (Å²) in [6.07, 6.45) is 5.59. The van der Waals surface area contributed by atoms with Crippen LogP contribution in [0.3, 0.4) is 0 Å². The molecule has 160 valence electrons. The Morgan fingerprint density at radius 2 is 2.10 bits per heavy atom. The molecule has 0 bridgehead atoms. The van der Waals surface area contributed by atoms with Gasteiger partial charge in [0.25, 0.3) is 0 Å². The first-order chi connectivity index (χ1) is 14.3. The third kappa shape index (κ3) is 3.30. The fourth-order valence-corrected chi connectivity index (χ4v) is 5.95. The number of halogens is 1. The van der Waals surface area contributed by atoms with Crippen molar-refractivity contribution in [2.24, 2.45) is 0 Å². The number of piperidine rings is 1. The molecule has 2 N–H and O–H groups in total. The molecular formula is C19H25IN8OS. The molecule has 2 atom stereocenters. The molecular weight excluding hydrogens is 515 g/mol. The molecule has 30 heavy (non-hydrogen) atoms. The molecule has 1 unspecified atom stereocenters. The van der Waals surface area contributed by atoms with Crippen LogP contribution < -0.4 is 9.62 Å². The topological polar surface area (TPSA) is 111 Å². The molecule has 0 radical (unpaired) electrons. The van der Waals surface area contributed by atoms with Crippen molar-refractivity contribution in [3.63, 3.8) is 0 Å². The summed E-state index contributed by atoms with van der Waals surface area (Å²) in [6.45, 7) is 8.47. The van der Waals surface area contributed by atoms with E-state index in [1.807, 2.05) is 33.2 Å². The van der Waals surface area contributed by atoms with Crippen molar-refractivity contribution in [3.05, 3.63) is 27.9 Å². The first-order valence-corrected chi connectivity index (χ1v) is 12.3. The summed E-state index contributed by atoms with van der Waals surface area (Å²) in [6, 6.07) is 2.22. The van der Waals surface area contributed by atoms with E-state index in [4.69, 9.17) is 4.98 Å². The van der Waals surface area contributed by atoms with Crippen molar-refractivity contribution in [2.75, 3.05) is 18.0 Å². The van der Waals surface area contributed by atoms with Gasteiger partial charge in [0.2, 0.25) is 5.65 Å². The third-order valence-electron chi connectivity index (χ3n) is 6.24. The van der Waals surface area contributed by atoms with E-state index in [9.17, 15) is 4.55 Å². The number of rotatable bonds is 3. The second-order valence-electron chi connectivity index (χ2n) is 9.03. The first-order valence-electron chi connectivity index (χ1n) is 10.1. The van der Waals surface area contributed by atoms with E-state index >= 15 is 0 Å². The smallest absolute Gasteiger partial charge is 0.202 e. The molecule has 9 nitrogen and oxygen atoms in total. The van der Waals surface area contributed by atoms with Gasteiger partial charge < -0.3 is 9.45 Å². The third-order valence-corrected chi connectivity index (χ3v) is 8.61. The number of hydrogen-bond donors (Lipinski definition) is 2. The van der Waals surface area contributed by atoms with Gasteiger partial charge in [-0.1, -0.05) is 0 Å². The molecule has 5 heterocycles. The normalized spacial score (nSPS) is 22.0. The Morgan fingerprint density at radius 3 is 2.83 bits per heavy atom. The highest BCUT2D eigenvalue weighted by atomic mass is 127. The monoisotopic (exact) mass is 540 g/mol. The quantitative estimate of drug-likeness (QED) is 0.387. The number of aromatic amines is 1. The van der Waals surface area contributed by atoms with Gasteiger partial charge in [0, 0.05) is 41.8 Å². The van der Waals surface area contributed by atoms with Crippen LogP contribution in [-0.2, 0) is 23.3 Å². The molecule has 5 rings (SSSR count). The van der Waals surface area contributed by atoms with Gasteiger partial charge in [-0.05, 0) is 62.3 Å². The largest absolute Gasteiger partial charge is 0.598 e. The Bertz CT molecular complexity index is 1070. The minimum atomic E-state index is -1.12. The number of aromatic nitrogens is 6. The zero-order valence-corrected chi connectivity index (χ0v) is 20.2. The van der Waals surface area contributed by atoms with E-state index in [1.165, 1.54) is 5.69 Å². The van der Waals surface area contributed by atoms with Crippen LogP contribution in [0.2, 0.25) is 0 Å². The predicted octanol–water partition coefficient (Wildman–Crippen LogP) is 2.13. The van der Waals surface area contributed by atoms with Crippen LogP contribution in [0.15, 0.2) is 18.5 Å². The SMILES string of the molecule is CC(C)(C)[S+]([O-])N[C@@H]1Cn2nccc2C12CCN(c1cnc3c(I)[nH]nc3n1)CC2. The fraction of sp³-hybridized carbons (Fsp3) is 0.579. The van der Waals surface area contributed by atoms with Gasteiger partial charge in [-0.2, -0.15) is 10.2 Å². The van der Waals surface area contributed by atoms with E-state index in [0.717, 1.165) is 47.5 Å². The van der Waals surface area contributed by atoms with Crippen LogP contribution in [0.1, 0.15) is 39.3 Å². The summed E-state index contributed by atoms with van der Waals surface area (Å²) in [5, 5.41) is 11.7. The van der Waals surface area contributed by atoms with Gasteiger partial charge in [0.15, 0.2) is 0 Å². The summed E-state index contributed by atoms with van der Waals surface area (Å²) in [5.41, 5.74) is 2.62. The molecule has 2 aliphatic rings. The second-order valence-corrected chi connectivity index (χ2v) is 12.1. The maximum Gasteiger partial charge on any atom is 0.202 e. The molecule has 0 aromatic carbocycles. The number of nitrogens with one attached hydrogen (secondary N) is 2. The Kier molecular flexibility index (Phi) is 4.99. The lowest BCUT2D eigenvalue weighted by Gasteiger charge is -2.43. The minimum Gasteiger partial charge on any atom is -0.598 e. The number of anilines is 1. The fourth-order valence-electron chi connectivity index (χ4n) is 4.53. The van der Waals surface area contributed by atoms with Gasteiger partial charge in [0.05, 0.1) is 18.8 Å². The van der Waals surface area contributed by atoms with Crippen molar-refractivity contribution in [1.29, 1.82) is 0 Å². The Hall–Kier alpha value is -1.44. The van der Waals surface area contributed by atoms with E-state index < -0.39 is 11.4 Å². The van der Waals surface area contributed by atoms with Crippen molar-refractivity contribution < 1.29 is 4.55 Å². The first kappa shape index (κ1) is 20.5. The van der Waals surface area contributed by atoms with Crippen molar-refractivity contribution in [1.82, 2.24) is 34.7 Å². The summed E-state index contributed by atoms with van der Waals surface area (Å²) in [4.78, 5) is 11.5. The van der Waals surface area contributed by atoms with E-state index in [-0.39, 0.29) is 16.2 Å². The zero-order valence-electron chi connectivity index (χ0n) is 17.2. The van der Waals surface area contributed by atoms with Gasteiger partial charge in [-0.3, -0.25) is 9.78 Å². The molecule has 0 aliphatic carbocycles. The van der Waals surface area contributed by atoms with Crippen molar-refractivity contribution >= 4 is 50.9 Å². The van der Waals surface area contributed by atoms with Crippen LogP contribution >= 0.6 is 22.6 Å². The molecule has 3 aromatic heterocycles. The number of H-pyrrole nitrogens is 1. The van der Waals surface area contributed by atoms with Crippen molar-refractivity contribution in [2.45, 2.75) is 56.4 Å². The molecule has 2 aliphatic heterocycles. The van der Waals surface area contributed by atoms with Gasteiger partial charge >= 0.3 is 0 Å². The predicted molar refractivity (Wildman–Crippen MR) is 125 cm³/mol. The van der Waals surface area contributed by atoms with E-state index in [2.05, 4.69) is 63.2 Å². The Labute approximate surface area is 191 Å². The molecule has 1 spiro atoms. The highest BCUT2D eigenvalue weighted by Gasteiger charge is 2.52. The molecule has 1 saturated heterocycles. The van der Waals surface area contributed by atoms with Crippen LogP contribution in [-0.4, -0.2) is 58.4 Å². The van der Waals surface area contributed by atoms with Gasteiger partial charge in [-0.15, -0.1) is 4.72 Å². The summed E-state index contributed by atoms with van der Waals surface area (Å²) in [7, 11) is 0. The van der Waals surface area contributed by atoms with Gasteiger partial charge in [0.1, 0.15) is 19.8 Å². The second kappa shape index (κ2) is 7.31. The molecule has 3 aromatic rings. The molecule has 0 amide bonds. The Balaban J connectivity index is 1.38.